The number of carbonyl (C=O) groups is 1. The maximum Gasteiger partial charge on any atom is 0.233 e. The van der Waals surface area contributed by atoms with Crippen LogP contribution in [-0.4, -0.2) is 55.3 Å². The molecule has 1 heterocycles. The molecule has 0 aromatic heterocycles. The van der Waals surface area contributed by atoms with Crippen LogP contribution in [0.5, 0.6) is 5.75 Å². The number of carbonyl (C=O) groups excluding carboxylic acids is 1. The predicted octanol–water partition coefficient (Wildman–Crippen LogP) is 2.61. The molecule has 5 heteroatoms. The van der Waals surface area contributed by atoms with Gasteiger partial charge in [0.2, 0.25) is 5.91 Å². The summed E-state index contributed by atoms with van der Waals surface area (Å²) in [7, 11) is 4.12. The monoisotopic (exact) mass is 308 g/mol. The van der Waals surface area contributed by atoms with Crippen molar-refractivity contribution in [2.75, 3.05) is 39.5 Å². The Labute approximate surface area is 131 Å². The van der Waals surface area contributed by atoms with E-state index in [1.165, 1.54) is 0 Å². The van der Waals surface area contributed by atoms with Gasteiger partial charge in [0.05, 0.1) is 12.4 Å². The van der Waals surface area contributed by atoms with Crippen molar-refractivity contribution in [1.82, 2.24) is 9.80 Å². The van der Waals surface area contributed by atoms with Gasteiger partial charge < -0.3 is 14.5 Å². The quantitative estimate of drug-likeness (QED) is 0.775. The van der Waals surface area contributed by atoms with E-state index in [1.54, 1.807) is 11.8 Å². The highest BCUT2D eigenvalue weighted by molar-refractivity contribution is 8.00. The lowest BCUT2D eigenvalue weighted by Gasteiger charge is -2.26. The number of para-hydroxylation sites is 1. The number of amides is 1. The number of nitrogens with zero attached hydrogens (tertiary/aromatic N) is 2. The van der Waals surface area contributed by atoms with Crippen molar-refractivity contribution in [3.8, 4) is 5.75 Å². The summed E-state index contributed by atoms with van der Waals surface area (Å²) >= 11 is 1.69. The van der Waals surface area contributed by atoms with Crippen molar-refractivity contribution in [2.24, 2.45) is 0 Å². The fourth-order valence-electron chi connectivity index (χ4n) is 2.48. The third-order valence-electron chi connectivity index (χ3n) is 3.46. The molecule has 21 heavy (non-hydrogen) atoms. The van der Waals surface area contributed by atoms with E-state index in [2.05, 4.69) is 25.1 Å². The summed E-state index contributed by atoms with van der Waals surface area (Å²) in [6, 6.07) is 8.05. The third-order valence-corrected chi connectivity index (χ3v) is 4.70. The number of hydrogen-bond donors (Lipinski definition) is 0. The lowest BCUT2D eigenvalue weighted by molar-refractivity contribution is -0.128. The zero-order valence-corrected chi connectivity index (χ0v) is 13.9. The number of hydrogen-bond acceptors (Lipinski definition) is 4. The van der Waals surface area contributed by atoms with E-state index < -0.39 is 0 Å². The summed E-state index contributed by atoms with van der Waals surface area (Å²) in [6.07, 6.45) is 0.993. The molecule has 1 unspecified atom stereocenters. The minimum absolute atomic E-state index is 0.0856. The van der Waals surface area contributed by atoms with E-state index >= 15 is 0 Å². The van der Waals surface area contributed by atoms with Crippen LogP contribution >= 0.6 is 11.8 Å². The van der Waals surface area contributed by atoms with Crippen LogP contribution in [0.4, 0.5) is 0 Å². The highest BCUT2D eigenvalue weighted by Crippen LogP contribution is 2.42. The van der Waals surface area contributed by atoms with Gasteiger partial charge >= 0.3 is 0 Å². The van der Waals surface area contributed by atoms with Crippen molar-refractivity contribution in [3.63, 3.8) is 0 Å². The highest BCUT2D eigenvalue weighted by atomic mass is 32.2. The molecule has 1 aliphatic rings. The van der Waals surface area contributed by atoms with Gasteiger partial charge in [-0.3, -0.25) is 4.79 Å². The lowest BCUT2D eigenvalue weighted by atomic mass is 10.1. The second-order valence-corrected chi connectivity index (χ2v) is 6.45. The predicted molar refractivity (Wildman–Crippen MR) is 87.7 cm³/mol. The molecule has 1 aliphatic heterocycles. The van der Waals surface area contributed by atoms with Crippen LogP contribution in [0.3, 0.4) is 0 Å². The fourth-order valence-corrected chi connectivity index (χ4v) is 3.73. The smallest absolute Gasteiger partial charge is 0.233 e. The maximum absolute atomic E-state index is 12.2. The Morgan fingerprint density at radius 2 is 2.14 bits per heavy atom. The molecule has 0 spiro atoms. The first-order valence-electron chi connectivity index (χ1n) is 7.41. The normalized spacial score (nSPS) is 18.6. The average molecular weight is 308 g/mol. The molecule has 1 aromatic rings. The Balaban J connectivity index is 2.11. The van der Waals surface area contributed by atoms with Crippen molar-refractivity contribution >= 4 is 17.7 Å². The van der Waals surface area contributed by atoms with Crippen LogP contribution in [0, 0.1) is 0 Å². The third kappa shape index (κ3) is 4.14. The second kappa shape index (κ2) is 7.71. The molecule has 1 saturated heterocycles. The minimum Gasteiger partial charge on any atom is -0.493 e. The molecular weight excluding hydrogens is 284 g/mol. The molecule has 0 saturated carbocycles. The van der Waals surface area contributed by atoms with Crippen LogP contribution in [-0.2, 0) is 4.79 Å². The van der Waals surface area contributed by atoms with Crippen molar-refractivity contribution < 1.29 is 9.53 Å². The molecule has 1 amide bonds. The first-order chi connectivity index (χ1) is 10.1. The van der Waals surface area contributed by atoms with Gasteiger partial charge in [-0.25, -0.2) is 0 Å². The molecule has 0 aliphatic carbocycles. The maximum atomic E-state index is 12.2. The Morgan fingerprint density at radius 1 is 1.38 bits per heavy atom. The number of thioether (sulfide) groups is 1. The summed E-state index contributed by atoms with van der Waals surface area (Å²) in [5, 5.41) is 0.0856. The molecule has 1 fully saturated rings. The van der Waals surface area contributed by atoms with E-state index in [9.17, 15) is 4.79 Å². The second-order valence-electron chi connectivity index (χ2n) is 5.38. The molecule has 0 bridgehead atoms. The fraction of sp³-hybridized carbons (Fsp3) is 0.562. The van der Waals surface area contributed by atoms with Crippen molar-refractivity contribution in [3.05, 3.63) is 29.8 Å². The van der Waals surface area contributed by atoms with E-state index in [-0.39, 0.29) is 11.3 Å². The van der Waals surface area contributed by atoms with Crippen LogP contribution in [0.15, 0.2) is 24.3 Å². The lowest BCUT2D eigenvalue weighted by Crippen LogP contribution is -2.31. The summed E-state index contributed by atoms with van der Waals surface area (Å²) < 4.78 is 5.72. The largest absolute Gasteiger partial charge is 0.493 e. The summed E-state index contributed by atoms with van der Waals surface area (Å²) in [6.45, 7) is 4.42. The summed E-state index contributed by atoms with van der Waals surface area (Å²) in [5.41, 5.74) is 1.11. The molecule has 1 atom stereocenters. The van der Waals surface area contributed by atoms with Gasteiger partial charge in [-0.15, -0.1) is 11.8 Å². The Kier molecular flexibility index (Phi) is 5.94. The first kappa shape index (κ1) is 16.2. The number of benzene rings is 1. The Hall–Kier alpha value is -1.20. The zero-order chi connectivity index (χ0) is 15.2. The molecule has 1 aromatic carbocycles. The van der Waals surface area contributed by atoms with Gasteiger partial charge in [0.25, 0.3) is 0 Å². The molecule has 0 radical (unpaired) electrons. The Morgan fingerprint density at radius 3 is 2.86 bits per heavy atom. The van der Waals surface area contributed by atoms with E-state index in [0.29, 0.717) is 12.4 Å². The SMILES string of the molecule is CCOc1ccccc1C1SCC(=O)N1CCCN(C)C. The van der Waals surface area contributed by atoms with E-state index in [0.717, 1.165) is 30.8 Å². The van der Waals surface area contributed by atoms with Crippen LogP contribution in [0.2, 0.25) is 0 Å². The topological polar surface area (TPSA) is 32.8 Å². The van der Waals surface area contributed by atoms with Crippen molar-refractivity contribution in [1.29, 1.82) is 0 Å². The van der Waals surface area contributed by atoms with E-state index in [1.807, 2.05) is 30.0 Å². The van der Waals surface area contributed by atoms with Crippen LogP contribution < -0.4 is 4.74 Å². The van der Waals surface area contributed by atoms with Gasteiger partial charge in [0.1, 0.15) is 11.1 Å². The summed E-state index contributed by atoms with van der Waals surface area (Å²) in [5.74, 6) is 1.69. The number of ether oxygens (including phenoxy) is 1. The van der Waals surface area contributed by atoms with E-state index in [4.69, 9.17) is 4.74 Å². The standard InChI is InChI=1S/C16H24N2O2S/c1-4-20-14-9-6-5-8-13(14)16-18(15(19)12-21-16)11-7-10-17(2)3/h5-6,8-9,16H,4,7,10-12H2,1-3H3. The number of rotatable bonds is 7. The van der Waals surface area contributed by atoms with Gasteiger partial charge in [0, 0.05) is 12.1 Å². The van der Waals surface area contributed by atoms with Crippen molar-refractivity contribution in [2.45, 2.75) is 18.7 Å². The van der Waals surface area contributed by atoms with Crippen LogP contribution in [0.25, 0.3) is 0 Å². The van der Waals surface area contributed by atoms with Crippen LogP contribution in [0.1, 0.15) is 24.3 Å². The Bertz CT molecular complexity index is 479. The van der Waals surface area contributed by atoms with Gasteiger partial charge in [-0.2, -0.15) is 0 Å². The van der Waals surface area contributed by atoms with Gasteiger partial charge in [0.15, 0.2) is 0 Å². The first-order valence-corrected chi connectivity index (χ1v) is 8.46. The molecular formula is C16H24N2O2S. The zero-order valence-electron chi connectivity index (χ0n) is 13.0. The molecule has 4 nitrogen and oxygen atoms in total. The molecule has 116 valence electrons. The highest BCUT2D eigenvalue weighted by Gasteiger charge is 2.33. The minimum atomic E-state index is 0.0856. The summed E-state index contributed by atoms with van der Waals surface area (Å²) in [4.78, 5) is 16.3. The molecule has 0 N–H and O–H groups in total. The van der Waals surface area contributed by atoms with Gasteiger partial charge in [-0.1, -0.05) is 18.2 Å². The average Bonchev–Trinajstić information content (AvgIpc) is 2.81. The van der Waals surface area contributed by atoms with Gasteiger partial charge in [-0.05, 0) is 40.1 Å². The molecule has 2 rings (SSSR count).